The van der Waals surface area contributed by atoms with Crippen molar-refractivity contribution in [1.29, 1.82) is 0 Å². The minimum Gasteiger partial charge on any atom is -0.338 e. The van der Waals surface area contributed by atoms with E-state index < -0.39 is 5.91 Å². The number of carbonyl (C=O) groups is 1. The normalized spacial score (nSPS) is 10.7. The largest absolute Gasteiger partial charge is 0.338 e. The zero-order valence-corrected chi connectivity index (χ0v) is 14.2. The summed E-state index contributed by atoms with van der Waals surface area (Å²) in [6, 6.07) is 16.7. The number of benzene rings is 2. The summed E-state index contributed by atoms with van der Waals surface area (Å²) in [4.78, 5) is 24.5. The predicted molar refractivity (Wildman–Crippen MR) is 99.8 cm³/mol. The Morgan fingerprint density at radius 2 is 1.78 bits per heavy atom. The number of nitrogens with zero attached hydrogens (tertiary/aromatic N) is 4. The van der Waals surface area contributed by atoms with Gasteiger partial charge in [-0.05, 0) is 29.8 Å². The van der Waals surface area contributed by atoms with Gasteiger partial charge in [-0.15, -0.1) is 0 Å². The van der Waals surface area contributed by atoms with Crippen molar-refractivity contribution >= 4 is 28.6 Å². The molecule has 0 fully saturated rings. The van der Waals surface area contributed by atoms with Crippen LogP contribution in [0.2, 0.25) is 0 Å². The fourth-order valence-corrected chi connectivity index (χ4v) is 2.77. The van der Waals surface area contributed by atoms with Crippen molar-refractivity contribution in [2.75, 3.05) is 5.32 Å². The second-order valence-corrected chi connectivity index (χ2v) is 5.90. The Labute approximate surface area is 154 Å². The molecule has 0 aliphatic heterocycles. The number of nitrogens with one attached hydrogen (secondary N) is 2. The standard InChI is InChI=1S/C19H16N6O2/c26-19(24-27)14-8-6-13(7-9-14)10-25-12-22-16-17(20-11-21-18(16)25)23-15-4-2-1-3-5-15/h1-9,11-12,27H,10H2,(H,24,26)(H,20,21,23). The van der Waals surface area contributed by atoms with Crippen molar-refractivity contribution in [1.82, 2.24) is 25.0 Å². The Balaban J connectivity index is 1.60. The summed E-state index contributed by atoms with van der Waals surface area (Å²) in [6.45, 7) is 0.541. The third-order valence-electron chi connectivity index (χ3n) is 4.11. The molecule has 4 rings (SSSR count). The summed E-state index contributed by atoms with van der Waals surface area (Å²) < 4.78 is 1.91. The van der Waals surface area contributed by atoms with E-state index in [2.05, 4.69) is 20.3 Å². The molecule has 0 saturated carbocycles. The van der Waals surface area contributed by atoms with Crippen molar-refractivity contribution < 1.29 is 10.0 Å². The zero-order valence-electron chi connectivity index (χ0n) is 14.2. The smallest absolute Gasteiger partial charge is 0.274 e. The van der Waals surface area contributed by atoms with Gasteiger partial charge in [0, 0.05) is 11.3 Å². The van der Waals surface area contributed by atoms with Gasteiger partial charge in [0.15, 0.2) is 17.0 Å². The fraction of sp³-hybridized carbons (Fsp3) is 0.0526. The van der Waals surface area contributed by atoms with Crippen LogP contribution in [0.3, 0.4) is 0 Å². The Morgan fingerprint density at radius 1 is 1.00 bits per heavy atom. The lowest BCUT2D eigenvalue weighted by atomic mass is 10.1. The van der Waals surface area contributed by atoms with E-state index >= 15 is 0 Å². The van der Waals surface area contributed by atoms with E-state index in [-0.39, 0.29) is 0 Å². The molecule has 0 radical (unpaired) electrons. The average molecular weight is 360 g/mol. The van der Waals surface area contributed by atoms with Crippen molar-refractivity contribution in [3.63, 3.8) is 0 Å². The maximum Gasteiger partial charge on any atom is 0.274 e. The van der Waals surface area contributed by atoms with Gasteiger partial charge in [0.05, 0.1) is 12.9 Å². The van der Waals surface area contributed by atoms with Gasteiger partial charge in [0.25, 0.3) is 5.91 Å². The molecule has 8 nitrogen and oxygen atoms in total. The van der Waals surface area contributed by atoms with Gasteiger partial charge < -0.3 is 9.88 Å². The van der Waals surface area contributed by atoms with E-state index in [0.717, 1.165) is 11.3 Å². The molecule has 8 heteroatoms. The number of carbonyl (C=O) groups excluding carboxylic acids is 1. The molecule has 0 saturated heterocycles. The second kappa shape index (κ2) is 7.22. The summed E-state index contributed by atoms with van der Waals surface area (Å²) in [5.74, 6) is 0.0962. The average Bonchev–Trinajstić information content (AvgIpc) is 3.13. The van der Waals surface area contributed by atoms with Crippen LogP contribution < -0.4 is 10.8 Å². The molecule has 3 N–H and O–H groups in total. The monoisotopic (exact) mass is 360 g/mol. The maximum atomic E-state index is 11.4. The first-order valence-corrected chi connectivity index (χ1v) is 8.26. The highest BCUT2D eigenvalue weighted by Gasteiger charge is 2.11. The number of rotatable bonds is 5. The number of aromatic nitrogens is 4. The van der Waals surface area contributed by atoms with Crippen molar-refractivity contribution in [3.05, 3.63) is 78.4 Å². The lowest BCUT2D eigenvalue weighted by Gasteiger charge is -2.07. The number of hydroxylamine groups is 1. The molecule has 0 unspecified atom stereocenters. The Bertz CT molecular complexity index is 1080. The summed E-state index contributed by atoms with van der Waals surface area (Å²) >= 11 is 0. The number of imidazole rings is 1. The van der Waals surface area contributed by atoms with Crippen molar-refractivity contribution in [2.45, 2.75) is 6.54 Å². The SMILES string of the molecule is O=C(NO)c1ccc(Cn2cnc3c(Nc4ccccc4)ncnc32)cc1. The molecule has 2 heterocycles. The first kappa shape index (κ1) is 16.7. The number of anilines is 2. The van der Waals surface area contributed by atoms with Crippen LogP contribution >= 0.6 is 0 Å². The zero-order chi connectivity index (χ0) is 18.6. The van der Waals surface area contributed by atoms with E-state index in [1.54, 1.807) is 23.9 Å². The van der Waals surface area contributed by atoms with Crippen LogP contribution in [-0.4, -0.2) is 30.6 Å². The lowest BCUT2D eigenvalue weighted by Crippen LogP contribution is -2.18. The van der Waals surface area contributed by atoms with Crippen LogP contribution in [0.25, 0.3) is 11.2 Å². The topological polar surface area (TPSA) is 105 Å². The first-order valence-electron chi connectivity index (χ1n) is 8.26. The maximum absolute atomic E-state index is 11.4. The van der Waals surface area contributed by atoms with Crippen LogP contribution in [-0.2, 0) is 6.54 Å². The highest BCUT2D eigenvalue weighted by atomic mass is 16.5. The summed E-state index contributed by atoms with van der Waals surface area (Å²) in [5.41, 5.74) is 5.28. The van der Waals surface area contributed by atoms with Crippen LogP contribution in [0.4, 0.5) is 11.5 Å². The predicted octanol–water partition coefficient (Wildman–Crippen LogP) is 2.74. The molecular formula is C19H16N6O2. The van der Waals surface area contributed by atoms with Gasteiger partial charge in [-0.1, -0.05) is 30.3 Å². The molecule has 0 spiro atoms. The number of hydrogen-bond acceptors (Lipinski definition) is 6. The van der Waals surface area contributed by atoms with Crippen LogP contribution in [0.5, 0.6) is 0 Å². The van der Waals surface area contributed by atoms with Crippen LogP contribution in [0.1, 0.15) is 15.9 Å². The van der Waals surface area contributed by atoms with Gasteiger partial charge in [0.1, 0.15) is 6.33 Å². The van der Waals surface area contributed by atoms with Gasteiger partial charge in [-0.2, -0.15) is 0 Å². The molecule has 2 aromatic heterocycles. The second-order valence-electron chi connectivity index (χ2n) is 5.90. The Hall–Kier alpha value is -3.78. The third kappa shape index (κ3) is 3.46. The van der Waals surface area contributed by atoms with Crippen molar-refractivity contribution in [2.24, 2.45) is 0 Å². The van der Waals surface area contributed by atoms with Gasteiger partial charge in [-0.3, -0.25) is 10.0 Å². The highest BCUT2D eigenvalue weighted by Crippen LogP contribution is 2.22. The van der Waals surface area contributed by atoms with Gasteiger partial charge in [-0.25, -0.2) is 20.4 Å². The van der Waals surface area contributed by atoms with E-state index in [9.17, 15) is 4.79 Å². The summed E-state index contributed by atoms with van der Waals surface area (Å²) in [5, 5.41) is 11.9. The molecule has 0 atom stereocenters. The minimum atomic E-state index is -0.543. The highest BCUT2D eigenvalue weighted by molar-refractivity contribution is 5.93. The quantitative estimate of drug-likeness (QED) is 0.373. The van der Waals surface area contributed by atoms with E-state index in [1.165, 1.54) is 6.33 Å². The number of amides is 1. The fourth-order valence-electron chi connectivity index (χ4n) is 2.77. The minimum absolute atomic E-state index is 0.383. The van der Waals surface area contributed by atoms with E-state index in [0.29, 0.717) is 29.1 Å². The molecular weight excluding hydrogens is 344 g/mol. The molecule has 2 aromatic carbocycles. The van der Waals surface area contributed by atoms with Crippen molar-refractivity contribution in [3.8, 4) is 0 Å². The summed E-state index contributed by atoms with van der Waals surface area (Å²) in [6.07, 6.45) is 3.21. The summed E-state index contributed by atoms with van der Waals surface area (Å²) in [7, 11) is 0. The molecule has 0 aliphatic carbocycles. The van der Waals surface area contributed by atoms with E-state index in [1.807, 2.05) is 47.0 Å². The Morgan fingerprint density at radius 3 is 2.52 bits per heavy atom. The lowest BCUT2D eigenvalue weighted by molar-refractivity contribution is 0.0706. The molecule has 134 valence electrons. The number of para-hydroxylation sites is 1. The van der Waals surface area contributed by atoms with Crippen LogP contribution in [0, 0.1) is 0 Å². The van der Waals surface area contributed by atoms with Crippen LogP contribution in [0.15, 0.2) is 67.3 Å². The molecule has 0 bridgehead atoms. The third-order valence-corrected chi connectivity index (χ3v) is 4.11. The number of fused-ring (bicyclic) bond motifs is 1. The first-order chi connectivity index (χ1) is 13.2. The molecule has 0 aliphatic rings. The number of hydrogen-bond donors (Lipinski definition) is 3. The van der Waals surface area contributed by atoms with Gasteiger partial charge in [0.2, 0.25) is 0 Å². The molecule has 4 aromatic rings. The Kier molecular flexibility index (Phi) is 4.46. The van der Waals surface area contributed by atoms with Gasteiger partial charge >= 0.3 is 0 Å². The molecule has 27 heavy (non-hydrogen) atoms. The molecule has 1 amide bonds. The van der Waals surface area contributed by atoms with E-state index in [4.69, 9.17) is 5.21 Å².